The Morgan fingerprint density at radius 2 is 1.88 bits per heavy atom. The van der Waals surface area contributed by atoms with Crippen molar-refractivity contribution in [2.45, 2.75) is 6.54 Å². The molecule has 1 amide bonds. The molecular formula is C17H14N4O3. The van der Waals surface area contributed by atoms with Crippen LogP contribution in [0.2, 0.25) is 0 Å². The second-order valence-electron chi connectivity index (χ2n) is 4.96. The van der Waals surface area contributed by atoms with E-state index in [1.807, 2.05) is 12.1 Å². The number of pyridine rings is 1. The molecule has 1 N–H and O–H groups in total. The summed E-state index contributed by atoms with van der Waals surface area (Å²) < 4.78 is 4.96. The summed E-state index contributed by atoms with van der Waals surface area (Å²) in [5, 5.41) is 2.64. The van der Waals surface area contributed by atoms with Crippen LogP contribution < -0.4 is 5.32 Å². The third-order valence-corrected chi connectivity index (χ3v) is 3.20. The fraction of sp³-hybridized carbons (Fsp3) is 0.118. The molecule has 7 nitrogen and oxygen atoms in total. The molecule has 0 bridgehead atoms. The Hall–Kier alpha value is -3.35. The number of esters is 1. The Kier molecular flexibility index (Phi) is 4.71. The second-order valence-corrected chi connectivity index (χ2v) is 4.96. The summed E-state index contributed by atoms with van der Waals surface area (Å²) in [7, 11) is 0. The van der Waals surface area contributed by atoms with Gasteiger partial charge in [0.1, 0.15) is 0 Å². The summed E-state index contributed by atoms with van der Waals surface area (Å²) in [4.78, 5) is 35.9. The molecule has 2 aromatic heterocycles. The van der Waals surface area contributed by atoms with Crippen LogP contribution in [0.15, 0.2) is 55.0 Å². The Morgan fingerprint density at radius 3 is 2.67 bits per heavy atom. The van der Waals surface area contributed by atoms with Gasteiger partial charge in [-0.15, -0.1) is 0 Å². The fourth-order valence-electron chi connectivity index (χ4n) is 2.01. The van der Waals surface area contributed by atoms with E-state index in [0.717, 1.165) is 5.56 Å². The largest absolute Gasteiger partial charge is 0.451 e. The Bertz CT molecular complexity index is 868. The first-order valence-electron chi connectivity index (χ1n) is 7.27. The number of carbonyl (C=O) groups is 2. The first-order chi connectivity index (χ1) is 11.7. The maximum absolute atomic E-state index is 12.0. The summed E-state index contributed by atoms with van der Waals surface area (Å²) in [6.45, 7) is -0.0619. The molecule has 0 fully saturated rings. The number of ether oxygens (including phenoxy) is 1. The van der Waals surface area contributed by atoms with Gasteiger partial charge in [0.25, 0.3) is 5.91 Å². The van der Waals surface area contributed by atoms with Crippen molar-refractivity contribution in [3.8, 4) is 0 Å². The van der Waals surface area contributed by atoms with Gasteiger partial charge in [-0.2, -0.15) is 0 Å². The zero-order valence-electron chi connectivity index (χ0n) is 12.7. The van der Waals surface area contributed by atoms with E-state index in [2.05, 4.69) is 20.3 Å². The average molecular weight is 322 g/mol. The molecule has 0 spiro atoms. The highest BCUT2D eigenvalue weighted by Crippen LogP contribution is 2.09. The van der Waals surface area contributed by atoms with Gasteiger partial charge in [-0.1, -0.05) is 18.2 Å². The number of rotatable bonds is 5. The summed E-state index contributed by atoms with van der Waals surface area (Å²) in [5.41, 5.74) is 2.20. The number of carbonyl (C=O) groups excluding carboxylic acids is 2. The molecule has 3 rings (SSSR count). The standard InChI is InChI=1S/C17H14N4O3/c22-16(20-9-12-4-3-7-18-8-12)11-24-17(23)15-10-19-13-5-1-2-6-14(13)21-15/h1-8,10H,9,11H2,(H,20,22). The maximum Gasteiger partial charge on any atom is 0.359 e. The van der Waals surface area contributed by atoms with Gasteiger partial charge in [0, 0.05) is 18.9 Å². The molecule has 0 atom stereocenters. The highest BCUT2D eigenvalue weighted by atomic mass is 16.5. The van der Waals surface area contributed by atoms with Crippen molar-refractivity contribution >= 4 is 22.9 Å². The summed E-state index contributed by atoms with van der Waals surface area (Å²) in [6, 6.07) is 10.8. The van der Waals surface area contributed by atoms with Crippen molar-refractivity contribution in [3.05, 3.63) is 66.2 Å². The van der Waals surface area contributed by atoms with Crippen molar-refractivity contribution in [1.82, 2.24) is 20.3 Å². The Morgan fingerprint density at radius 1 is 1.04 bits per heavy atom. The normalized spacial score (nSPS) is 10.3. The third-order valence-electron chi connectivity index (χ3n) is 3.20. The maximum atomic E-state index is 12.0. The van der Waals surface area contributed by atoms with E-state index < -0.39 is 11.9 Å². The molecule has 24 heavy (non-hydrogen) atoms. The lowest BCUT2D eigenvalue weighted by atomic mass is 10.3. The van der Waals surface area contributed by atoms with E-state index in [1.165, 1.54) is 6.20 Å². The van der Waals surface area contributed by atoms with Crippen LogP contribution in [0.3, 0.4) is 0 Å². The van der Waals surface area contributed by atoms with Crippen LogP contribution in [0, 0.1) is 0 Å². The molecule has 0 radical (unpaired) electrons. The van der Waals surface area contributed by atoms with Crippen LogP contribution in [0.1, 0.15) is 16.1 Å². The quantitative estimate of drug-likeness (QED) is 0.715. The summed E-state index contributed by atoms with van der Waals surface area (Å²) in [5.74, 6) is -1.09. The molecule has 0 saturated heterocycles. The molecular weight excluding hydrogens is 308 g/mol. The summed E-state index contributed by atoms with van der Waals surface area (Å²) >= 11 is 0. The van der Waals surface area contributed by atoms with Crippen molar-refractivity contribution in [3.63, 3.8) is 0 Å². The van der Waals surface area contributed by atoms with Crippen LogP contribution in [0.4, 0.5) is 0 Å². The summed E-state index contributed by atoms with van der Waals surface area (Å²) in [6.07, 6.45) is 4.63. The van der Waals surface area contributed by atoms with E-state index in [0.29, 0.717) is 17.6 Å². The van der Waals surface area contributed by atoms with Crippen LogP contribution in [-0.4, -0.2) is 33.4 Å². The van der Waals surface area contributed by atoms with Gasteiger partial charge >= 0.3 is 5.97 Å². The third kappa shape index (κ3) is 3.89. The molecule has 120 valence electrons. The fourth-order valence-corrected chi connectivity index (χ4v) is 2.01. The first-order valence-corrected chi connectivity index (χ1v) is 7.27. The molecule has 7 heteroatoms. The van der Waals surface area contributed by atoms with Crippen molar-refractivity contribution in [1.29, 1.82) is 0 Å². The lowest BCUT2D eigenvalue weighted by Crippen LogP contribution is -2.28. The van der Waals surface area contributed by atoms with Gasteiger partial charge < -0.3 is 10.1 Å². The van der Waals surface area contributed by atoms with Gasteiger partial charge in [0.15, 0.2) is 12.3 Å². The number of para-hydroxylation sites is 2. The van der Waals surface area contributed by atoms with E-state index in [1.54, 1.807) is 36.7 Å². The van der Waals surface area contributed by atoms with E-state index >= 15 is 0 Å². The Labute approximate surface area is 137 Å². The van der Waals surface area contributed by atoms with Crippen LogP contribution in [-0.2, 0) is 16.1 Å². The minimum atomic E-state index is -0.690. The highest BCUT2D eigenvalue weighted by Gasteiger charge is 2.12. The number of hydrogen-bond acceptors (Lipinski definition) is 6. The number of fused-ring (bicyclic) bond motifs is 1. The minimum Gasteiger partial charge on any atom is -0.451 e. The number of benzene rings is 1. The first kappa shape index (κ1) is 15.5. The van der Waals surface area contributed by atoms with E-state index in [-0.39, 0.29) is 12.3 Å². The van der Waals surface area contributed by atoms with Gasteiger partial charge in [0.05, 0.1) is 17.2 Å². The monoisotopic (exact) mass is 322 g/mol. The lowest BCUT2D eigenvalue weighted by molar-refractivity contribution is -0.124. The van der Waals surface area contributed by atoms with Gasteiger partial charge in [-0.25, -0.2) is 9.78 Å². The van der Waals surface area contributed by atoms with Gasteiger partial charge in [-0.05, 0) is 23.8 Å². The molecule has 0 saturated carbocycles. The van der Waals surface area contributed by atoms with Crippen LogP contribution in [0.5, 0.6) is 0 Å². The van der Waals surface area contributed by atoms with Crippen molar-refractivity contribution < 1.29 is 14.3 Å². The zero-order chi connectivity index (χ0) is 16.8. The van der Waals surface area contributed by atoms with Gasteiger partial charge in [-0.3, -0.25) is 14.8 Å². The van der Waals surface area contributed by atoms with E-state index in [9.17, 15) is 9.59 Å². The van der Waals surface area contributed by atoms with Crippen LogP contribution in [0.25, 0.3) is 11.0 Å². The minimum absolute atomic E-state index is 0.0637. The van der Waals surface area contributed by atoms with Crippen molar-refractivity contribution in [2.75, 3.05) is 6.61 Å². The number of amides is 1. The van der Waals surface area contributed by atoms with E-state index in [4.69, 9.17) is 4.74 Å². The topological polar surface area (TPSA) is 94.1 Å². The number of nitrogens with one attached hydrogen (secondary N) is 1. The number of aromatic nitrogens is 3. The number of nitrogens with zero attached hydrogens (tertiary/aromatic N) is 3. The Balaban J connectivity index is 1.53. The lowest BCUT2D eigenvalue weighted by Gasteiger charge is -2.06. The SMILES string of the molecule is O=C(COC(=O)c1cnc2ccccc2n1)NCc1cccnc1. The van der Waals surface area contributed by atoms with Gasteiger partial charge in [0.2, 0.25) is 0 Å². The molecule has 0 aliphatic rings. The average Bonchev–Trinajstić information content (AvgIpc) is 2.65. The molecule has 0 aliphatic heterocycles. The second kappa shape index (κ2) is 7.28. The smallest absolute Gasteiger partial charge is 0.359 e. The molecule has 0 unspecified atom stereocenters. The predicted molar refractivity (Wildman–Crippen MR) is 85.9 cm³/mol. The molecule has 2 heterocycles. The molecule has 0 aliphatic carbocycles. The predicted octanol–water partition coefficient (Wildman–Crippen LogP) is 1.50. The zero-order valence-corrected chi connectivity index (χ0v) is 12.7. The number of hydrogen-bond donors (Lipinski definition) is 1. The molecule has 1 aromatic carbocycles. The van der Waals surface area contributed by atoms with Crippen LogP contribution >= 0.6 is 0 Å². The van der Waals surface area contributed by atoms with Crippen molar-refractivity contribution in [2.24, 2.45) is 0 Å². The highest BCUT2D eigenvalue weighted by molar-refractivity contribution is 5.91. The molecule has 3 aromatic rings.